The Balaban J connectivity index is 0.000000295. The molecule has 2 aromatic rings. The molecule has 1 atom stereocenters. The van der Waals surface area contributed by atoms with E-state index in [4.69, 9.17) is 9.47 Å². The maximum atomic E-state index is 12.3. The minimum atomic E-state index is -0.928. The number of esters is 1. The Labute approximate surface area is 165 Å². The van der Waals surface area contributed by atoms with Crippen LogP contribution in [0.4, 0.5) is 0 Å². The number of carbonyl (C=O) groups is 1. The Morgan fingerprint density at radius 2 is 1.65 bits per heavy atom. The minimum Gasteiger partial charge on any atom is -0.430 e. The maximum Gasteiger partial charge on any atom is 0.346 e. The molecular weight excluding hydrogens is 366 g/mol. The van der Waals surface area contributed by atoms with E-state index in [0.29, 0.717) is 0 Å². The molecule has 4 heterocycles. The van der Waals surface area contributed by atoms with Crippen molar-refractivity contribution in [1.82, 2.24) is 0 Å². The van der Waals surface area contributed by atoms with Crippen LogP contribution in [0.1, 0.15) is 38.5 Å². The van der Waals surface area contributed by atoms with E-state index in [2.05, 4.69) is 14.1 Å². The molecule has 1 unspecified atom stereocenters. The first kappa shape index (κ1) is 21.1. The van der Waals surface area contributed by atoms with Crippen LogP contribution in [0.3, 0.4) is 0 Å². The molecule has 0 aromatic carbocycles. The lowest BCUT2D eigenvalue weighted by molar-refractivity contribution is -0.898. The number of hydrogen-bond acceptors (Lipinski definition) is 5. The van der Waals surface area contributed by atoms with E-state index in [-0.39, 0.29) is 5.97 Å². The van der Waals surface area contributed by atoms with Gasteiger partial charge in [-0.05, 0) is 29.1 Å². The van der Waals surface area contributed by atoms with Gasteiger partial charge in [0, 0.05) is 4.88 Å². The number of ether oxygens (including phenoxy) is 2. The highest BCUT2D eigenvalue weighted by Crippen LogP contribution is 2.46. The Morgan fingerprint density at radius 1 is 1.04 bits per heavy atom. The van der Waals surface area contributed by atoms with Crippen LogP contribution in [0.25, 0.3) is 0 Å². The van der Waals surface area contributed by atoms with E-state index in [1.165, 1.54) is 0 Å². The van der Waals surface area contributed by atoms with Gasteiger partial charge in [0.15, 0.2) is 0 Å². The van der Waals surface area contributed by atoms with Gasteiger partial charge in [-0.15, -0.1) is 11.3 Å². The molecule has 26 heavy (non-hydrogen) atoms. The Kier molecular flexibility index (Phi) is 7.02. The molecular formula is C20H30NO3S2+. The normalized spacial score (nSPS) is 25.5. The predicted molar refractivity (Wildman–Crippen MR) is 108 cm³/mol. The van der Waals surface area contributed by atoms with Gasteiger partial charge in [0.2, 0.25) is 11.4 Å². The fourth-order valence-electron chi connectivity index (χ4n) is 3.02. The molecule has 0 bridgehead atoms. The van der Waals surface area contributed by atoms with Crippen molar-refractivity contribution in [3.05, 3.63) is 45.3 Å². The topological polar surface area (TPSA) is 35.5 Å². The number of likely N-dealkylation sites (tertiary alicyclic amines) is 1. The summed E-state index contributed by atoms with van der Waals surface area (Å²) >= 11 is 3.25. The lowest BCUT2D eigenvalue weighted by atomic mass is 10.0. The fraction of sp³-hybridized carbons (Fsp3) is 0.550. The van der Waals surface area contributed by atoms with Crippen LogP contribution < -0.4 is 0 Å². The van der Waals surface area contributed by atoms with Crippen molar-refractivity contribution in [3.63, 3.8) is 0 Å². The van der Waals surface area contributed by atoms with Gasteiger partial charge >= 0.3 is 5.97 Å². The van der Waals surface area contributed by atoms with Gasteiger partial charge in [-0.1, -0.05) is 32.0 Å². The standard InChI is InChI=1S/C14H20NO3S.C4H4S.C2H6/c1-13(11-5-4-10-19-11)12(16)17-14(18-13)6-8-15(2,3)9-7-14;1-2-4-5-3-1;1-2/h4-5,10H,6-9H2,1-3H3;1-4H;1-2H3/q+1;;. The monoisotopic (exact) mass is 396 g/mol. The van der Waals surface area contributed by atoms with Gasteiger partial charge in [0.1, 0.15) is 0 Å². The zero-order valence-electron chi connectivity index (χ0n) is 16.4. The average molecular weight is 397 g/mol. The highest BCUT2D eigenvalue weighted by Gasteiger charge is 2.58. The van der Waals surface area contributed by atoms with Crippen molar-refractivity contribution in [3.8, 4) is 0 Å². The van der Waals surface area contributed by atoms with E-state index in [0.717, 1.165) is 35.3 Å². The summed E-state index contributed by atoms with van der Waals surface area (Å²) in [4.78, 5) is 13.2. The summed E-state index contributed by atoms with van der Waals surface area (Å²) in [5.74, 6) is -0.953. The molecule has 0 saturated carbocycles. The third-order valence-corrected chi connectivity index (χ3v) is 6.37. The van der Waals surface area contributed by atoms with Crippen molar-refractivity contribution in [2.24, 2.45) is 0 Å². The molecule has 4 rings (SSSR count). The van der Waals surface area contributed by atoms with Crippen LogP contribution in [0.5, 0.6) is 0 Å². The number of thiophene rings is 2. The van der Waals surface area contributed by atoms with E-state index < -0.39 is 11.4 Å². The SMILES string of the molecule is CC.CC1(c2cccs2)OC2(CC[N+](C)(C)CC2)OC1=O.c1ccsc1. The maximum absolute atomic E-state index is 12.3. The minimum absolute atomic E-state index is 0.248. The second kappa shape index (κ2) is 8.65. The van der Waals surface area contributed by atoms with Gasteiger partial charge in [-0.2, -0.15) is 11.3 Å². The van der Waals surface area contributed by atoms with Gasteiger partial charge in [-0.3, -0.25) is 0 Å². The molecule has 144 valence electrons. The molecule has 6 heteroatoms. The van der Waals surface area contributed by atoms with Crippen molar-refractivity contribution in [2.45, 2.75) is 45.0 Å². The molecule has 2 fully saturated rings. The highest BCUT2D eigenvalue weighted by atomic mass is 32.1. The van der Waals surface area contributed by atoms with Crippen LogP contribution >= 0.6 is 22.7 Å². The molecule has 1 spiro atoms. The summed E-state index contributed by atoms with van der Waals surface area (Å²) < 4.78 is 12.8. The number of carbonyl (C=O) groups excluding carboxylic acids is 1. The van der Waals surface area contributed by atoms with Crippen molar-refractivity contribution < 1.29 is 18.8 Å². The number of piperidine rings is 1. The van der Waals surface area contributed by atoms with Crippen molar-refractivity contribution in [1.29, 1.82) is 0 Å². The summed E-state index contributed by atoms with van der Waals surface area (Å²) in [7, 11) is 4.39. The predicted octanol–water partition coefficient (Wildman–Crippen LogP) is 4.88. The molecule has 0 amide bonds. The zero-order chi connectivity index (χ0) is 19.3. The molecule has 4 nitrogen and oxygen atoms in total. The summed E-state index contributed by atoms with van der Waals surface area (Å²) in [6, 6.07) is 7.91. The van der Waals surface area contributed by atoms with Crippen LogP contribution in [0.15, 0.2) is 40.4 Å². The Morgan fingerprint density at radius 3 is 2.12 bits per heavy atom. The third-order valence-electron chi connectivity index (χ3n) is 4.67. The quantitative estimate of drug-likeness (QED) is 0.509. The Hall–Kier alpha value is -1.21. The second-order valence-corrected chi connectivity index (χ2v) is 8.85. The van der Waals surface area contributed by atoms with Crippen molar-refractivity contribution >= 4 is 28.6 Å². The summed E-state index contributed by atoms with van der Waals surface area (Å²) in [5.41, 5.74) is -0.928. The average Bonchev–Trinajstić information content (AvgIpc) is 3.38. The molecule has 2 saturated heterocycles. The Bertz CT molecular complexity index is 640. The van der Waals surface area contributed by atoms with Crippen molar-refractivity contribution in [2.75, 3.05) is 27.2 Å². The summed E-state index contributed by atoms with van der Waals surface area (Å²) in [5, 5.41) is 6.04. The molecule has 0 aliphatic carbocycles. The van der Waals surface area contributed by atoms with E-state index in [1.807, 2.05) is 61.2 Å². The highest BCUT2D eigenvalue weighted by molar-refractivity contribution is 7.10. The van der Waals surface area contributed by atoms with Gasteiger partial charge in [0.05, 0.1) is 40.0 Å². The van der Waals surface area contributed by atoms with Crippen LogP contribution in [0.2, 0.25) is 0 Å². The molecule has 0 N–H and O–H groups in total. The van der Waals surface area contributed by atoms with Crippen LogP contribution in [-0.4, -0.2) is 43.4 Å². The first-order valence-corrected chi connectivity index (χ1v) is 10.9. The largest absolute Gasteiger partial charge is 0.430 e. The van der Waals surface area contributed by atoms with Gasteiger partial charge < -0.3 is 14.0 Å². The first-order chi connectivity index (χ1) is 12.4. The van der Waals surface area contributed by atoms with Gasteiger partial charge in [-0.25, -0.2) is 4.79 Å². The third kappa shape index (κ3) is 4.74. The number of hydrogen-bond donors (Lipinski definition) is 0. The molecule has 2 aliphatic rings. The fourth-order valence-corrected chi connectivity index (χ4v) is 4.28. The lowest BCUT2D eigenvalue weighted by Gasteiger charge is -2.41. The number of nitrogens with zero attached hydrogens (tertiary/aromatic N) is 1. The van der Waals surface area contributed by atoms with E-state index >= 15 is 0 Å². The van der Waals surface area contributed by atoms with E-state index in [1.54, 1.807) is 22.7 Å². The summed E-state index contributed by atoms with van der Waals surface area (Å²) in [6.45, 7) is 7.76. The molecule has 2 aromatic heterocycles. The van der Waals surface area contributed by atoms with Crippen LogP contribution in [-0.2, 0) is 19.9 Å². The van der Waals surface area contributed by atoms with Crippen LogP contribution in [0, 0.1) is 0 Å². The van der Waals surface area contributed by atoms with Gasteiger partial charge in [0.25, 0.3) is 0 Å². The zero-order valence-corrected chi connectivity index (χ0v) is 18.0. The number of rotatable bonds is 1. The van der Waals surface area contributed by atoms with E-state index in [9.17, 15) is 4.79 Å². The molecule has 2 aliphatic heterocycles. The second-order valence-electron chi connectivity index (χ2n) is 7.09. The lowest BCUT2D eigenvalue weighted by Crippen LogP contribution is -2.53. The first-order valence-electron chi connectivity index (χ1n) is 9.12. The summed E-state index contributed by atoms with van der Waals surface area (Å²) in [6.07, 6.45) is 1.54. The molecule has 0 radical (unpaired) electrons. The smallest absolute Gasteiger partial charge is 0.346 e. The number of quaternary nitrogens is 1.